The highest BCUT2D eigenvalue weighted by Gasteiger charge is 2.33. The summed E-state index contributed by atoms with van der Waals surface area (Å²) < 4.78 is 5.36. The topological polar surface area (TPSA) is 106 Å². The van der Waals surface area contributed by atoms with Crippen LogP contribution < -0.4 is 5.56 Å². The fourth-order valence-corrected chi connectivity index (χ4v) is 3.95. The maximum absolute atomic E-state index is 13.1. The molecular weight excluding hydrogens is 408 g/mol. The van der Waals surface area contributed by atoms with Gasteiger partial charge in [0.1, 0.15) is 12.4 Å². The van der Waals surface area contributed by atoms with Crippen LogP contribution in [-0.2, 0) is 11.3 Å². The van der Waals surface area contributed by atoms with Crippen molar-refractivity contribution in [3.05, 3.63) is 110 Å². The summed E-state index contributed by atoms with van der Waals surface area (Å²) in [5, 5.41) is 0.444. The summed E-state index contributed by atoms with van der Waals surface area (Å²) in [5.41, 5.74) is 1.75. The third kappa shape index (κ3) is 3.02. The second-order valence-corrected chi connectivity index (χ2v) is 7.49. The first-order valence-electron chi connectivity index (χ1n) is 9.93. The molecule has 156 valence electrons. The smallest absolute Gasteiger partial charge is 0.339 e. The standard InChI is InChI=1S/C25H16N2O5/c1-13-6-4-11-18-21(13)26-19(27-24(18)30)12-32-25(31)17-10-5-9-16-20(17)23(29)15-8-3-2-7-14(15)22(16)28/h2-11H,12H2,1H3,(H,26,27,30). The maximum Gasteiger partial charge on any atom is 0.339 e. The van der Waals surface area contributed by atoms with Crippen LogP contribution in [0.3, 0.4) is 0 Å². The number of nitrogens with one attached hydrogen (secondary N) is 1. The van der Waals surface area contributed by atoms with Crippen molar-refractivity contribution in [1.82, 2.24) is 9.97 Å². The van der Waals surface area contributed by atoms with Gasteiger partial charge in [0.2, 0.25) is 0 Å². The number of nitrogens with zero attached hydrogens (tertiary/aromatic N) is 1. The van der Waals surface area contributed by atoms with Crippen molar-refractivity contribution in [3.63, 3.8) is 0 Å². The Kier molecular flexibility index (Phi) is 4.52. The number of para-hydroxylation sites is 1. The lowest BCUT2D eigenvalue weighted by Crippen LogP contribution is -2.24. The summed E-state index contributed by atoms with van der Waals surface area (Å²) in [6, 6.07) is 16.3. The van der Waals surface area contributed by atoms with Crippen LogP contribution >= 0.6 is 0 Å². The third-order valence-corrected chi connectivity index (χ3v) is 5.50. The van der Waals surface area contributed by atoms with Crippen molar-refractivity contribution in [2.45, 2.75) is 13.5 Å². The molecule has 0 fully saturated rings. The number of rotatable bonds is 3. The number of aryl methyl sites for hydroxylation is 1. The molecule has 0 amide bonds. The Morgan fingerprint density at radius 2 is 1.56 bits per heavy atom. The lowest BCUT2D eigenvalue weighted by atomic mass is 9.82. The van der Waals surface area contributed by atoms with Crippen LogP contribution in [0.1, 0.15) is 53.6 Å². The highest BCUT2D eigenvalue weighted by Crippen LogP contribution is 2.30. The number of aromatic amines is 1. The number of hydrogen-bond donors (Lipinski definition) is 1. The van der Waals surface area contributed by atoms with Crippen molar-refractivity contribution in [2.75, 3.05) is 0 Å². The van der Waals surface area contributed by atoms with Gasteiger partial charge in [-0.2, -0.15) is 0 Å². The molecule has 0 spiro atoms. The van der Waals surface area contributed by atoms with Gasteiger partial charge in [0.05, 0.1) is 16.5 Å². The van der Waals surface area contributed by atoms with Crippen LogP contribution in [0.25, 0.3) is 10.9 Å². The molecule has 1 aromatic heterocycles. The third-order valence-electron chi connectivity index (χ3n) is 5.50. The minimum Gasteiger partial charge on any atom is -0.454 e. The van der Waals surface area contributed by atoms with Crippen molar-refractivity contribution >= 4 is 28.4 Å². The molecule has 1 aliphatic carbocycles. The predicted octanol–water partition coefficient (Wildman–Crippen LogP) is 3.36. The molecule has 1 heterocycles. The van der Waals surface area contributed by atoms with E-state index in [1.165, 1.54) is 18.2 Å². The first kappa shape index (κ1) is 19.6. The molecule has 7 nitrogen and oxygen atoms in total. The van der Waals surface area contributed by atoms with Crippen molar-refractivity contribution in [3.8, 4) is 0 Å². The average molecular weight is 424 g/mol. The number of carbonyl (C=O) groups is 3. The number of aromatic nitrogens is 2. The number of ketones is 2. The van der Waals surface area contributed by atoms with E-state index in [1.807, 2.05) is 13.0 Å². The number of hydrogen-bond acceptors (Lipinski definition) is 6. The van der Waals surface area contributed by atoms with Crippen LogP contribution in [0.2, 0.25) is 0 Å². The van der Waals surface area contributed by atoms with Gasteiger partial charge in [-0.1, -0.05) is 48.5 Å². The molecule has 1 N–H and O–H groups in total. The summed E-state index contributed by atoms with van der Waals surface area (Å²) >= 11 is 0. The number of H-pyrrole nitrogens is 1. The molecule has 0 saturated carbocycles. The highest BCUT2D eigenvalue weighted by atomic mass is 16.5. The zero-order valence-corrected chi connectivity index (χ0v) is 17.0. The van der Waals surface area contributed by atoms with E-state index in [1.54, 1.807) is 36.4 Å². The van der Waals surface area contributed by atoms with Gasteiger partial charge in [0.25, 0.3) is 5.56 Å². The Balaban J connectivity index is 1.48. The van der Waals surface area contributed by atoms with Gasteiger partial charge < -0.3 is 9.72 Å². The molecule has 4 aromatic rings. The van der Waals surface area contributed by atoms with Gasteiger partial charge in [-0.3, -0.25) is 14.4 Å². The fourth-order valence-electron chi connectivity index (χ4n) is 3.95. The molecule has 32 heavy (non-hydrogen) atoms. The van der Waals surface area contributed by atoms with Gasteiger partial charge in [-0.05, 0) is 24.6 Å². The second kappa shape index (κ2) is 7.39. The molecule has 0 atom stereocenters. The van der Waals surface area contributed by atoms with Crippen molar-refractivity contribution in [2.24, 2.45) is 0 Å². The van der Waals surface area contributed by atoms with Crippen LogP contribution in [0.4, 0.5) is 0 Å². The molecule has 0 saturated heterocycles. The minimum atomic E-state index is -0.782. The normalized spacial score (nSPS) is 12.4. The van der Waals surface area contributed by atoms with E-state index >= 15 is 0 Å². The van der Waals surface area contributed by atoms with E-state index in [9.17, 15) is 19.2 Å². The Bertz CT molecular complexity index is 1520. The first-order valence-corrected chi connectivity index (χ1v) is 9.93. The quantitative estimate of drug-likeness (QED) is 0.445. The van der Waals surface area contributed by atoms with Crippen LogP contribution in [0, 0.1) is 6.92 Å². The van der Waals surface area contributed by atoms with Gasteiger partial charge in [0, 0.05) is 22.3 Å². The summed E-state index contributed by atoms with van der Waals surface area (Å²) in [6.45, 7) is 1.54. The van der Waals surface area contributed by atoms with Crippen molar-refractivity contribution in [1.29, 1.82) is 0 Å². The summed E-state index contributed by atoms with van der Waals surface area (Å²) in [5.74, 6) is -1.32. The van der Waals surface area contributed by atoms with Gasteiger partial charge in [-0.25, -0.2) is 9.78 Å². The van der Waals surface area contributed by atoms with E-state index in [4.69, 9.17) is 4.74 Å². The fraction of sp³-hybridized carbons (Fsp3) is 0.0800. The van der Waals surface area contributed by atoms with E-state index in [0.29, 0.717) is 16.5 Å². The van der Waals surface area contributed by atoms with E-state index in [-0.39, 0.29) is 46.0 Å². The monoisotopic (exact) mass is 424 g/mol. The predicted molar refractivity (Wildman–Crippen MR) is 116 cm³/mol. The lowest BCUT2D eigenvalue weighted by Gasteiger charge is -2.19. The van der Waals surface area contributed by atoms with Gasteiger partial charge >= 0.3 is 5.97 Å². The van der Waals surface area contributed by atoms with E-state index in [0.717, 1.165) is 5.56 Å². The van der Waals surface area contributed by atoms with Crippen LogP contribution in [0.5, 0.6) is 0 Å². The molecular formula is C25H16N2O5. The summed E-state index contributed by atoms with van der Waals surface area (Å²) in [4.78, 5) is 58.1. The lowest BCUT2D eigenvalue weighted by molar-refractivity contribution is 0.0459. The second-order valence-electron chi connectivity index (χ2n) is 7.49. The summed E-state index contributed by atoms with van der Waals surface area (Å²) in [6.07, 6.45) is 0. The SMILES string of the molecule is Cc1cccc2c(=O)[nH]c(COC(=O)c3cccc4c3C(=O)c3ccccc3C4=O)nc12. The van der Waals surface area contributed by atoms with Crippen molar-refractivity contribution < 1.29 is 19.1 Å². The molecule has 3 aromatic carbocycles. The zero-order chi connectivity index (χ0) is 22.4. The van der Waals surface area contributed by atoms with E-state index in [2.05, 4.69) is 9.97 Å². The number of esters is 1. The molecule has 1 aliphatic rings. The molecule has 0 unspecified atom stereocenters. The average Bonchev–Trinajstić information content (AvgIpc) is 2.81. The number of ether oxygens (including phenoxy) is 1. The van der Waals surface area contributed by atoms with Gasteiger partial charge in [0.15, 0.2) is 11.6 Å². The molecule has 7 heteroatoms. The van der Waals surface area contributed by atoms with Gasteiger partial charge in [-0.15, -0.1) is 0 Å². The number of carbonyl (C=O) groups excluding carboxylic acids is 3. The Morgan fingerprint density at radius 3 is 2.34 bits per heavy atom. The summed E-state index contributed by atoms with van der Waals surface area (Å²) in [7, 11) is 0. The largest absolute Gasteiger partial charge is 0.454 e. The molecule has 0 bridgehead atoms. The Morgan fingerprint density at radius 1 is 0.875 bits per heavy atom. The molecule has 0 radical (unpaired) electrons. The highest BCUT2D eigenvalue weighted by molar-refractivity contribution is 6.30. The zero-order valence-electron chi connectivity index (χ0n) is 17.0. The van der Waals surface area contributed by atoms with E-state index < -0.39 is 11.8 Å². The number of benzene rings is 3. The number of fused-ring (bicyclic) bond motifs is 3. The first-order chi connectivity index (χ1) is 15.5. The Labute approximate surface area is 181 Å². The van der Waals surface area contributed by atoms with Crippen LogP contribution in [0.15, 0.2) is 65.5 Å². The Hall–Kier alpha value is -4.39. The maximum atomic E-state index is 13.1. The molecule has 0 aliphatic heterocycles. The van der Waals surface area contributed by atoms with Crippen LogP contribution in [-0.4, -0.2) is 27.5 Å². The minimum absolute atomic E-state index is 0.00494. The molecule has 5 rings (SSSR count).